The molecule has 3 rings (SSSR count). The number of ether oxygens (including phenoxy) is 2. The van der Waals surface area contributed by atoms with Crippen LogP contribution in [0, 0.1) is 0 Å². The van der Waals surface area contributed by atoms with Crippen molar-refractivity contribution in [2.45, 2.75) is 26.4 Å². The Morgan fingerprint density at radius 1 is 1.42 bits per heavy atom. The van der Waals surface area contributed by atoms with Gasteiger partial charge in [-0.1, -0.05) is 23.2 Å². The molecule has 0 radical (unpaired) electrons. The van der Waals surface area contributed by atoms with Gasteiger partial charge >= 0.3 is 0 Å². The van der Waals surface area contributed by atoms with Crippen LogP contribution in [0.25, 0.3) is 0 Å². The van der Waals surface area contributed by atoms with E-state index in [9.17, 15) is 4.79 Å². The summed E-state index contributed by atoms with van der Waals surface area (Å²) >= 11 is 12.0. The maximum absolute atomic E-state index is 12.6. The zero-order valence-electron chi connectivity index (χ0n) is 13.7. The topological polar surface area (TPSA) is 52.5 Å². The Kier molecular flexibility index (Phi) is 4.65. The van der Waals surface area contributed by atoms with Crippen molar-refractivity contribution in [1.29, 1.82) is 0 Å². The van der Waals surface area contributed by atoms with Crippen molar-refractivity contribution >= 4 is 34.8 Å². The summed E-state index contributed by atoms with van der Waals surface area (Å²) in [6.07, 6.45) is 0.943. The first kappa shape index (κ1) is 17.0. The molecule has 1 aliphatic heterocycles. The molecule has 128 valence electrons. The van der Waals surface area contributed by atoms with Crippen LogP contribution >= 0.6 is 23.2 Å². The van der Waals surface area contributed by atoms with E-state index in [1.54, 1.807) is 13.1 Å². The number of amides is 1. The number of hydrogen-bond donors (Lipinski definition) is 1. The summed E-state index contributed by atoms with van der Waals surface area (Å²) in [5.74, 6) is 1.07. The highest BCUT2D eigenvalue weighted by Crippen LogP contribution is 2.38. The number of anilines is 1. The van der Waals surface area contributed by atoms with E-state index in [-0.39, 0.29) is 12.0 Å². The molecule has 1 aromatic carbocycles. The molecule has 0 fully saturated rings. The minimum absolute atomic E-state index is 0.117. The lowest BCUT2D eigenvalue weighted by Crippen LogP contribution is -2.16. The fourth-order valence-corrected chi connectivity index (χ4v) is 3.13. The van der Waals surface area contributed by atoms with E-state index in [2.05, 4.69) is 5.32 Å². The molecule has 24 heavy (non-hydrogen) atoms. The zero-order chi connectivity index (χ0) is 17.4. The minimum atomic E-state index is -0.321. The lowest BCUT2D eigenvalue weighted by atomic mass is 10.1. The number of halogens is 2. The van der Waals surface area contributed by atoms with Crippen molar-refractivity contribution < 1.29 is 14.3 Å². The Hall–Kier alpha value is -1.85. The molecule has 1 atom stereocenters. The average molecular weight is 369 g/mol. The number of carbonyl (C=O) groups is 1. The second-order valence-corrected chi connectivity index (χ2v) is 6.47. The summed E-state index contributed by atoms with van der Waals surface area (Å²) in [7, 11) is 1.68. The van der Waals surface area contributed by atoms with Crippen molar-refractivity contribution in [1.82, 2.24) is 4.57 Å². The number of nitrogens with one attached hydrogen (secondary N) is 1. The summed E-state index contributed by atoms with van der Waals surface area (Å²) in [4.78, 5) is 12.6. The molecule has 1 amide bonds. The summed E-state index contributed by atoms with van der Waals surface area (Å²) in [6.45, 7) is 4.40. The Morgan fingerprint density at radius 3 is 2.79 bits per heavy atom. The maximum atomic E-state index is 12.6. The van der Waals surface area contributed by atoms with Crippen LogP contribution in [0.1, 0.15) is 29.9 Å². The molecule has 0 saturated heterocycles. The van der Waals surface area contributed by atoms with Crippen LogP contribution in [0.2, 0.25) is 10.2 Å². The lowest BCUT2D eigenvalue weighted by molar-refractivity contribution is 0.101. The van der Waals surface area contributed by atoms with Gasteiger partial charge in [-0.25, -0.2) is 0 Å². The van der Waals surface area contributed by atoms with Crippen molar-refractivity contribution in [3.05, 3.63) is 39.6 Å². The molecular formula is C17H18Cl2N2O3. The first-order valence-corrected chi connectivity index (χ1v) is 8.44. The number of hydrogen-bond acceptors (Lipinski definition) is 3. The van der Waals surface area contributed by atoms with Crippen molar-refractivity contribution in [3.63, 3.8) is 0 Å². The van der Waals surface area contributed by atoms with E-state index in [0.717, 1.165) is 17.7 Å². The Bertz CT molecular complexity index is 802. The first-order chi connectivity index (χ1) is 11.4. The van der Waals surface area contributed by atoms with E-state index in [4.69, 9.17) is 32.7 Å². The minimum Gasteiger partial charge on any atom is -0.492 e. The molecule has 7 heteroatoms. The van der Waals surface area contributed by atoms with Crippen molar-refractivity contribution in [2.75, 3.05) is 11.9 Å². The van der Waals surface area contributed by atoms with Crippen LogP contribution in [0.15, 0.2) is 18.2 Å². The van der Waals surface area contributed by atoms with Gasteiger partial charge in [-0.15, -0.1) is 0 Å². The molecule has 0 saturated carbocycles. The molecule has 1 N–H and O–H groups in total. The lowest BCUT2D eigenvalue weighted by Gasteiger charge is -2.14. The number of fused-ring (bicyclic) bond motifs is 1. The molecule has 2 heterocycles. The van der Waals surface area contributed by atoms with Gasteiger partial charge in [-0.2, -0.15) is 0 Å². The van der Waals surface area contributed by atoms with Gasteiger partial charge in [0.2, 0.25) is 0 Å². The van der Waals surface area contributed by atoms with E-state index in [0.29, 0.717) is 33.9 Å². The van der Waals surface area contributed by atoms with Crippen LogP contribution in [-0.2, 0) is 13.5 Å². The van der Waals surface area contributed by atoms with Gasteiger partial charge in [-0.05, 0) is 26.0 Å². The van der Waals surface area contributed by atoms with Gasteiger partial charge < -0.3 is 19.4 Å². The molecule has 2 aromatic rings. The van der Waals surface area contributed by atoms with E-state index in [1.807, 2.05) is 19.9 Å². The molecular weight excluding hydrogens is 351 g/mol. The van der Waals surface area contributed by atoms with Gasteiger partial charge in [0.1, 0.15) is 28.5 Å². The van der Waals surface area contributed by atoms with Crippen LogP contribution < -0.4 is 14.8 Å². The molecule has 5 nitrogen and oxygen atoms in total. The smallest absolute Gasteiger partial charge is 0.272 e. The fraction of sp³-hybridized carbons (Fsp3) is 0.353. The third-order valence-electron chi connectivity index (χ3n) is 3.90. The standard InChI is InChI=1S/C17H18Cl2N2O3/c1-4-23-15-6-10-5-9(2)24-14(10)8-12(15)20-17(22)13-7-11(18)16(19)21(13)3/h6-9H,4-5H2,1-3H3,(H,20,22). The summed E-state index contributed by atoms with van der Waals surface area (Å²) in [5, 5.41) is 3.51. The fourth-order valence-electron chi connectivity index (χ4n) is 2.76. The number of benzene rings is 1. The third-order valence-corrected chi connectivity index (χ3v) is 4.74. The molecule has 1 aliphatic rings. The van der Waals surface area contributed by atoms with Gasteiger partial charge in [0.05, 0.1) is 17.3 Å². The SMILES string of the molecule is CCOc1cc2c(cc1NC(=O)c1cc(Cl)c(Cl)n1C)OC(C)C2. The van der Waals surface area contributed by atoms with Gasteiger partial charge in [0.15, 0.2) is 0 Å². The summed E-state index contributed by atoms with van der Waals surface area (Å²) in [5.41, 5.74) is 2.00. The average Bonchev–Trinajstić information content (AvgIpc) is 3.01. The molecule has 0 spiro atoms. The summed E-state index contributed by atoms with van der Waals surface area (Å²) in [6, 6.07) is 5.25. The van der Waals surface area contributed by atoms with E-state index >= 15 is 0 Å². The Morgan fingerprint density at radius 2 is 2.17 bits per heavy atom. The molecule has 0 aliphatic carbocycles. The highest BCUT2D eigenvalue weighted by Gasteiger charge is 2.23. The maximum Gasteiger partial charge on any atom is 0.272 e. The highest BCUT2D eigenvalue weighted by molar-refractivity contribution is 6.42. The quantitative estimate of drug-likeness (QED) is 0.874. The Labute approximate surface area is 150 Å². The number of rotatable bonds is 4. The van der Waals surface area contributed by atoms with Crippen LogP contribution in [-0.4, -0.2) is 23.2 Å². The third kappa shape index (κ3) is 3.06. The van der Waals surface area contributed by atoms with Crippen LogP contribution in [0.3, 0.4) is 0 Å². The predicted octanol–water partition coefficient (Wildman–Crippen LogP) is 4.31. The molecule has 0 bridgehead atoms. The normalized spacial score (nSPS) is 15.8. The number of nitrogens with zero attached hydrogens (tertiary/aromatic N) is 1. The monoisotopic (exact) mass is 368 g/mol. The van der Waals surface area contributed by atoms with Gasteiger partial charge in [0, 0.05) is 25.1 Å². The second-order valence-electron chi connectivity index (χ2n) is 5.70. The number of carbonyl (C=O) groups excluding carboxylic acids is 1. The number of aromatic nitrogens is 1. The van der Waals surface area contributed by atoms with Crippen LogP contribution in [0.5, 0.6) is 11.5 Å². The Balaban J connectivity index is 1.92. The van der Waals surface area contributed by atoms with Crippen LogP contribution in [0.4, 0.5) is 5.69 Å². The predicted molar refractivity (Wildman–Crippen MR) is 94.8 cm³/mol. The van der Waals surface area contributed by atoms with Crippen molar-refractivity contribution in [3.8, 4) is 11.5 Å². The molecule has 1 aromatic heterocycles. The zero-order valence-corrected chi connectivity index (χ0v) is 15.2. The van der Waals surface area contributed by atoms with Gasteiger partial charge in [0.25, 0.3) is 5.91 Å². The first-order valence-electron chi connectivity index (χ1n) is 7.69. The van der Waals surface area contributed by atoms with E-state index < -0.39 is 0 Å². The second kappa shape index (κ2) is 6.57. The van der Waals surface area contributed by atoms with Crippen molar-refractivity contribution in [2.24, 2.45) is 7.05 Å². The van der Waals surface area contributed by atoms with Gasteiger partial charge in [-0.3, -0.25) is 4.79 Å². The molecule has 1 unspecified atom stereocenters. The summed E-state index contributed by atoms with van der Waals surface area (Å²) < 4.78 is 13.0. The highest BCUT2D eigenvalue weighted by atomic mass is 35.5. The largest absolute Gasteiger partial charge is 0.492 e. The van der Waals surface area contributed by atoms with E-state index in [1.165, 1.54) is 10.6 Å².